The van der Waals surface area contributed by atoms with Gasteiger partial charge in [-0.1, -0.05) is 12.1 Å². The summed E-state index contributed by atoms with van der Waals surface area (Å²) in [6.45, 7) is 1.98. The van der Waals surface area contributed by atoms with Crippen molar-refractivity contribution in [2.45, 2.75) is 36.4 Å². The second kappa shape index (κ2) is 8.51. The molecule has 6 nitrogen and oxygen atoms in total. The minimum absolute atomic E-state index is 0.0430. The molecular formula is C26H24F2N2O4S. The molecule has 3 aromatic carbocycles. The number of carbonyl (C=O) groups is 1. The van der Waals surface area contributed by atoms with Crippen LogP contribution in [0.3, 0.4) is 0 Å². The number of nitrogens with one attached hydrogen (secondary N) is 1. The molecule has 1 amide bonds. The molecule has 1 aliphatic carbocycles. The third-order valence-corrected chi connectivity index (χ3v) is 7.67. The first-order valence-corrected chi connectivity index (χ1v) is 12.2. The highest BCUT2D eigenvalue weighted by atomic mass is 32.2. The summed E-state index contributed by atoms with van der Waals surface area (Å²) in [6, 6.07) is 17.7. The van der Waals surface area contributed by atoms with Crippen LogP contribution >= 0.6 is 0 Å². The Bertz CT molecular complexity index is 1290. The molecule has 1 unspecified atom stereocenters. The second-order valence-corrected chi connectivity index (χ2v) is 10.7. The molecule has 0 spiro atoms. The predicted molar refractivity (Wildman–Crippen MR) is 129 cm³/mol. The minimum atomic E-state index is -3.70. The molecule has 5 rings (SSSR count). The monoisotopic (exact) mass is 498 g/mol. The van der Waals surface area contributed by atoms with Crippen LogP contribution < -0.4 is 14.8 Å². The lowest BCUT2D eigenvalue weighted by Crippen LogP contribution is -2.28. The van der Waals surface area contributed by atoms with Crippen molar-refractivity contribution in [2.24, 2.45) is 0 Å². The van der Waals surface area contributed by atoms with E-state index in [-0.39, 0.29) is 17.4 Å². The summed E-state index contributed by atoms with van der Waals surface area (Å²) >= 11 is -1.23. The lowest BCUT2D eigenvalue weighted by atomic mass is 9.94. The Hall–Kier alpha value is -3.14. The lowest BCUT2D eigenvalue weighted by Gasteiger charge is -2.18. The first-order valence-electron chi connectivity index (χ1n) is 11.1. The number of ether oxygens (including phenoxy) is 2. The van der Waals surface area contributed by atoms with E-state index in [0.717, 1.165) is 16.7 Å². The lowest BCUT2D eigenvalue weighted by molar-refractivity contribution is -0.286. The largest absolute Gasteiger partial charge is 0.593 e. The van der Waals surface area contributed by atoms with Gasteiger partial charge >= 0.3 is 6.29 Å². The van der Waals surface area contributed by atoms with Crippen LogP contribution in [-0.4, -0.2) is 35.2 Å². The molecule has 0 aromatic heterocycles. The van der Waals surface area contributed by atoms with Crippen molar-refractivity contribution in [3.8, 4) is 22.6 Å². The summed E-state index contributed by atoms with van der Waals surface area (Å²) in [4.78, 5) is 14.0. The maximum Gasteiger partial charge on any atom is 0.586 e. The number of rotatable bonds is 6. The molecule has 1 fully saturated rings. The first kappa shape index (κ1) is 23.6. The van der Waals surface area contributed by atoms with E-state index in [1.165, 1.54) is 12.1 Å². The van der Waals surface area contributed by atoms with Crippen LogP contribution in [0.5, 0.6) is 11.5 Å². The Morgan fingerprint density at radius 3 is 2.34 bits per heavy atom. The third-order valence-electron chi connectivity index (χ3n) is 6.33. The van der Waals surface area contributed by atoms with Crippen molar-refractivity contribution >= 4 is 23.0 Å². The topological polar surface area (TPSA) is 73.9 Å². The van der Waals surface area contributed by atoms with Gasteiger partial charge in [0.2, 0.25) is 5.91 Å². The zero-order valence-electron chi connectivity index (χ0n) is 19.4. The average molecular weight is 499 g/mol. The molecule has 9 heteroatoms. The molecule has 0 saturated heterocycles. The number of carbonyl (C=O) groups excluding carboxylic acids is 1. The number of hydrogen-bond donors (Lipinski definition) is 1. The number of anilines is 1. The van der Waals surface area contributed by atoms with Gasteiger partial charge in [0, 0.05) is 19.8 Å². The van der Waals surface area contributed by atoms with E-state index in [1.807, 2.05) is 49.4 Å². The molecule has 3 aromatic rings. The molecule has 1 heterocycles. The number of fused-ring (bicyclic) bond motifs is 1. The number of benzene rings is 3. The molecule has 35 heavy (non-hydrogen) atoms. The zero-order valence-corrected chi connectivity index (χ0v) is 20.2. The van der Waals surface area contributed by atoms with Gasteiger partial charge in [-0.2, -0.15) is 0 Å². The Kier molecular flexibility index (Phi) is 5.74. The summed E-state index contributed by atoms with van der Waals surface area (Å²) in [5, 5.41) is 2.99. The van der Waals surface area contributed by atoms with Crippen LogP contribution in [0, 0.1) is 6.92 Å². The molecule has 1 aliphatic heterocycles. The van der Waals surface area contributed by atoms with Crippen LogP contribution in [0.25, 0.3) is 11.1 Å². The van der Waals surface area contributed by atoms with Gasteiger partial charge in [0.25, 0.3) is 0 Å². The third kappa shape index (κ3) is 4.47. The maximum absolute atomic E-state index is 13.4. The Balaban J connectivity index is 1.36. The van der Waals surface area contributed by atoms with Crippen LogP contribution in [0.1, 0.15) is 24.0 Å². The smallest absolute Gasteiger partial charge is 0.586 e. The molecule has 1 N–H and O–H groups in total. The molecule has 0 bridgehead atoms. The SMILES string of the molecule is Cc1ccc(NC(=O)C2(c3ccc4c(c3)OC(F)(F)O4)CC2)cc1-c1ccc([S+]([O-])N(C)C)cc1. The molecule has 182 valence electrons. The van der Waals surface area contributed by atoms with E-state index >= 15 is 0 Å². The van der Waals surface area contributed by atoms with E-state index in [2.05, 4.69) is 14.8 Å². The quantitative estimate of drug-likeness (QED) is 0.471. The Morgan fingerprint density at radius 2 is 1.69 bits per heavy atom. The fraction of sp³-hybridized carbons (Fsp3) is 0.269. The number of alkyl halides is 2. The van der Waals surface area contributed by atoms with E-state index in [9.17, 15) is 18.1 Å². The van der Waals surface area contributed by atoms with Crippen molar-refractivity contribution in [2.75, 3.05) is 19.4 Å². The number of nitrogens with zero attached hydrogens (tertiary/aromatic N) is 1. The van der Waals surface area contributed by atoms with Gasteiger partial charge in [0.15, 0.2) is 16.4 Å². The van der Waals surface area contributed by atoms with Crippen LogP contribution in [0.2, 0.25) is 0 Å². The van der Waals surface area contributed by atoms with Crippen LogP contribution in [-0.2, 0) is 21.6 Å². The van der Waals surface area contributed by atoms with E-state index in [1.54, 1.807) is 24.5 Å². The maximum atomic E-state index is 13.4. The standard InChI is InChI=1S/C26H24F2N2O4S/c1-16-4-8-19(15-21(16)17-5-9-20(10-6-17)35(32)30(2)3)29-24(31)25(12-13-25)18-7-11-22-23(14-18)34-26(27,28)33-22/h4-11,14-15H,12-13H2,1-3H3,(H,29,31). The number of aryl methyl sites for hydroxylation is 1. The minimum Gasteiger partial charge on any atom is -0.593 e. The van der Waals surface area contributed by atoms with Gasteiger partial charge in [-0.25, -0.2) is 0 Å². The van der Waals surface area contributed by atoms with Crippen molar-refractivity contribution in [3.63, 3.8) is 0 Å². The van der Waals surface area contributed by atoms with Gasteiger partial charge in [0.05, 0.1) is 16.8 Å². The zero-order chi connectivity index (χ0) is 25.0. The molecule has 1 atom stereocenters. The van der Waals surface area contributed by atoms with Crippen molar-refractivity contribution < 1.29 is 27.6 Å². The fourth-order valence-electron chi connectivity index (χ4n) is 4.24. The van der Waals surface area contributed by atoms with Crippen molar-refractivity contribution in [3.05, 3.63) is 71.8 Å². The van der Waals surface area contributed by atoms with Crippen molar-refractivity contribution in [1.82, 2.24) is 4.31 Å². The van der Waals surface area contributed by atoms with Crippen molar-refractivity contribution in [1.29, 1.82) is 0 Å². The molecule has 0 radical (unpaired) electrons. The normalized spacial score (nSPS) is 17.8. The Labute approximate surface area is 205 Å². The van der Waals surface area contributed by atoms with Gasteiger partial charge in [-0.3, -0.25) is 4.79 Å². The first-order chi connectivity index (χ1) is 16.6. The van der Waals surface area contributed by atoms with Crippen LogP contribution in [0.4, 0.5) is 14.5 Å². The number of halogens is 2. The highest BCUT2D eigenvalue weighted by Gasteiger charge is 2.52. The summed E-state index contributed by atoms with van der Waals surface area (Å²) in [5.74, 6) is -0.309. The summed E-state index contributed by atoms with van der Waals surface area (Å²) in [5.41, 5.74) is 3.37. The summed E-state index contributed by atoms with van der Waals surface area (Å²) < 4.78 is 49.7. The molecular weight excluding hydrogens is 474 g/mol. The van der Waals surface area contributed by atoms with E-state index in [0.29, 0.717) is 29.0 Å². The highest BCUT2D eigenvalue weighted by Crippen LogP contribution is 2.52. The molecule has 1 saturated carbocycles. The number of amides is 1. The van der Waals surface area contributed by atoms with Gasteiger partial charge in [-0.15, -0.1) is 13.1 Å². The summed E-state index contributed by atoms with van der Waals surface area (Å²) in [7, 11) is 3.51. The van der Waals surface area contributed by atoms with Gasteiger partial charge in [-0.05, 0) is 90.6 Å². The van der Waals surface area contributed by atoms with E-state index in [4.69, 9.17) is 0 Å². The van der Waals surface area contributed by atoms with Gasteiger partial charge < -0.3 is 19.3 Å². The Morgan fingerprint density at radius 1 is 1.00 bits per heavy atom. The molecule has 2 aliphatic rings. The second-order valence-electron chi connectivity index (χ2n) is 8.98. The van der Waals surface area contributed by atoms with E-state index < -0.39 is 23.1 Å². The number of hydrogen-bond acceptors (Lipinski definition) is 5. The predicted octanol–water partition coefficient (Wildman–Crippen LogP) is 5.24. The highest BCUT2D eigenvalue weighted by molar-refractivity contribution is 7.89. The summed E-state index contributed by atoms with van der Waals surface area (Å²) in [6.07, 6.45) is -2.48. The average Bonchev–Trinajstić information content (AvgIpc) is 3.57. The fourth-order valence-corrected chi connectivity index (χ4v) is 5.03. The van der Waals surface area contributed by atoms with Gasteiger partial charge in [0.1, 0.15) is 0 Å². The van der Waals surface area contributed by atoms with Crippen LogP contribution in [0.15, 0.2) is 65.6 Å².